The maximum absolute atomic E-state index is 13.2. The maximum atomic E-state index is 13.2. The van der Waals surface area contributed by atoms with Crippen LogP contribution in [0.5, 0.6) is 5.75 Å². The van der Waals surface area contributed by atoms with Crippen molar-refractivity contribution in [3.05, 3.63) is 71.6 Å². The molecule has 1 aliphatic carbocycles. The Hall–Kier alpha value is -2.29. The van der Waals surface area contributed by atoms with E-state index in [2.05, 4.69) is 29.6 Å². The molecule has 4 rings (SSSR count). The van der Waals surface area contributed by atoms with Crippen molar-refractivity contribution in [2.75, 3.05) is 11.9 Å². The Morgan fingerprint density at radius 3 is 2.78 bits per heavy atom. The van der Waals surface area contributed by atoms with Crippen LogP contribution >= 0.6 is 0 Å². The fourth-order valence-corrected chi connectivity index (χ4v) is 3.83. The molecule has 0 spiro atoms. The Kier molecular flexibility index (Phi) is 3.56. The van der Waals surface area contributed by atoms with E-state index >= 15 is 0 Å². The van der Waals surface area contributed by atoms with Crippen LogP contribution in [0.25, 0.3) is 0 Å². The minimum atomic E-state index is -0.188. The van der Waals surface area contributed by atoms with Gasteiger partial charge in [-0.2, -0.15) is 0 Å². The van der Waals surface area contributed by atoms with Gasteiger partial charge >= 0.3 is 0 Å². The lowest BCUT2D eigenvalue weighted by molar-refractivity contribution is 0.338. The summed E-state index contributed by atoms with van der Waals surface area (Å²) in [5.74, 6) is 1.59. The van der Waals surface area contributed by atoms with E-state index in [1.54, 1.807) is 12.1 Å². The Bertz CT molecular complexity index is 738. The van der Waals surface area contributed by atoms with E-state index < -0.39 is 0 Å². The van der Waals surface area contributed by atoms with Crippen LogP contribution < -0.4 is 10.1 Å². The smallest absolute Gasteiger partial charge is 0.123 e. The first-order valence-corrected chi connectivity index (χ1v) is 8.21. The Balaban J connectivity index is 1.72. The summed E-state index contributed by atoms with van der Waals surface area (Å²) in [5, 5.41) is 3.66. The molecule has 2 aromatic carbocycles. The van der Waals surface area contributed by atoms with Crippen molar-refractivity contribution in [2.24, 2.45) is 5.92 Å². The van der Waals surface area contributed by atoms with E-state index in [9.17, 15) is 4.39 Å². The van der Waals surface area contributed by atoms with Crippen LogP contribution in [0, 0.1) is 11.7 Å². The van der Waals surface area contributed by atoms with E-state index in [4.69, 9.17) is 4.74 Å². The number of hydrogen-bond acceptors (Lipinski definition) is 2. The molecule has 3 heteroatoms. The zero-order valence-corrected chi connectivity index (χ0v) is 13.1. The fraction of sp³-hybridized carbons (Fsp3) is 0.300. The number of halogens is 1. The summed E-state index contributed by atoms with van der Waals surface area (Å²) in [7, 11) is 0. The lowest BCUT2D eigenvalue weighted by Gasteiger charge is -2.37. The van der Waals surface area contributed by atoms with Crippen LogP contribution in [-0.4, -0.2) is 6.61 Å². The van der Waals surface area contributed by atoms with Crippen LogP contribution in [-0.2, 0) is 0 Å². The molecule has 1 heterocycles. The normalized spacial score (nSPS) is 24.7. The molecule has 2 aliphatic rings. The number of ether oxygens (including phenoxy) is 1. The van der Waals surface area contributed by atoms with E-state index in [-0.39, 0.29) is 11.9 Å². The third-order valence-corrected chi connectivity index (χ3v) is 4.87. The molecule has 0 bridgehead atoms. The highest BCUT2D eigenvalue weighted by Gasteiger charge is 2.37. The van der Waals surface area contributed by atoms with Gasteiger partial charge in [0.15, 0.2) is 0 Å². The highest BCUT2D eigenvalue weighted by Crippen LogP contribution is 2.50. The van der Waals surface area contributed by atoms with Gasteiger partial charge in [0.2, 0.25) is 0 Å². The van der Waals surface area contributed by atoms with Gasteiger partial charge in [0, 0.05) is 11.6 Å². The third kappa shape index (κ3) is 2.50. The maximum Gasteiger partial charge on any atom is 0.123 e. The van der Waals surface area contributed by atoms with Gasteiger partial charge in [-0.25, -0.2) is 4.39 Å². The van der Waals surface area contributed by atoms with Crippen molar-refractivity contribution in [1.82, 2.24) is 0 Å². The average molecular weight is 309 g/mol. The van der Waals surface area contributed by atoms with Gasteiger partial charge in [-0.15, -0.1) is 0 Å². The van der Waals surface area contributed by atoms with Crippen molar-refractivity contribution in [3.8, 4) is 5.75 Å². The molecule has 0 radical (unpaired) electrons. The highest BCUT2D eigenvalue weighted by atomic mass is 19.1. The van der Waals surface area contributed by atoms with Gasteiger partial charge in [0.25, 0.3) is 0 Å². The highest BCUT2D eigenvalue weighted by molar-refractivity contribution is 5.61. The van der Waals surface area contributed by atoms with E-state index in [0.717, 1.165) is 23.4 Å². The van der Waals surface area contributed by atoms with Crippen molar-refractivity contribution >= 4 is 5.69 Å². The van der Waals surface area contributed by atoms with Crippen LogP contribution in [0.15, 0.2) is 54.6 Å². The predicted octanol–water partition coefficient (Wildman–Crippen LogP) is 5.05. The summed E-state index contributed by atoms with van der Waals surface area (Å²) < 4.78 is 18.9. The summed E-state index contributed by atoms with van der Waals surface area (Å²) in [4.78, 5) is 0. The Morgan fingerprint density at radius 2 is 2.00 bits per heavy atom. The fourth-order valence-electron chi connectivity index (χ4n) is 3.83. The first-order chi connectivity index (χ1) is 11.3. The van der Waals surface area contributed by atoms with Crippen LogP contribution in [0.3, 0.4) is 0 Å². The quantitative estimate of drug-likeness (QED) is 0.801. The average Bonchev–Trinajstić information content (AvgIpc) is 3.05. The molecule has 0 saturated carbocycles. The molecule has 1 aliphatic heterocycles. The molecule has 2 aromatic rings. The van der Waals surface area contributed by atoms with Gasteiger partial charge in [0.1, 0.15) is 11.6 Å². The van der Waals surface area contributed by atoms with Crippen molar-refractivity contribution < 1.29 is 9.13 Å². The minimum absolute atomic E-state index is 0.188. The first kappa shape index (κ1) is 14.3. The topological polar surface area (TPSA) is 21.3 Å². The minimum Gasteiger partial charge on any atom is -0.494 e. The van der Waals surface area contributed by atoms with Gasteiger partial charge in [-0.1, -0.05) is 24.3 Å². The molecule has 0 amide bonds. The van der Waals surface area contributed by atoms with E-state index in [1.807, 2.05) is 25.1 Å². The van der Waals surface area contributed by atoms with Crippen molar-refractivity contribution in [3.63, 3.8) is 0 Å². The van der Waals surface area contributed by atoms with Crippen LogP contribution in [0.4, 0.5) is 10.1 Å². The summed E-state index contributed by atoms with van der Waals surface area (Å²) in [6.07, 6.45) is 5.60. The monoisotopic (exact) mass is 309 g/mol. The summed E-state index contributed by atoms with van der Waals surface area (Å²) >= 11 is 0. The lowest BCUT2D eigenvalue weighted by atomic mass is 9.77. The number of anilines is 1. The second kappa shape index (κ2) is 5.73. The number of hydrogen-bond donors (Lipinski definition) is 1. The molecule has 1 N–H and O–H groups in total. The van der Waals surface area contributed by atoms with E-state index in [1.165, 1.54) is 5.56 Å². The number of allylic oxidation sites excluding steroid dienone is 2. The number of rotatable bonds is 3. The third-order valence-electron chi connectivity index (χ3n) is 4.87. The van der Waals surface area contributed by atoms with Crippen LogP contribution in [0.2, 0.25) is 0 Å². The number of fused-ring (bicyclic) bond motifs is 3. The Morgan fingerprint density at radius 1 is 1.17 bits per heavy atom. The second-order valence-corrected chi connectivity index (χ2v) is 6.21. The van der Waals surface area contributed by atoms with Crippen LogP contribution in [0.1, 0.15) is 36.4 Å². The molecule has 0 saturated heterocycles. The zero-order valence-electron chi connectivity index (χ0n) is 13.1. The molecular formula is C20H20FNO. The summed E-state index contributed by atoms with van der Waals surface area (Å²) in [5.41, 5.74) is 3.59. The number of benzene rings is 2. The molecule has 0 aromatic heterocycles. The molecular weight excluding hydrogens is 289 g/mol. The molecule has 0 unspecified atom stereocenters. The zero-order chi connectivity index (χ0) is 15.8. The SMILES string of the molecule is CCOc1ccc2c(c1)[C@@H]1C=CC[C@H]1[C@@H](c1ccc(F)cc1)N2. The first-order valence-electron chi connectivity index (χ1n) is 8.21. The molecule has 0 fully saturated rings. The predicted molar refractivity (Wildman–Crippen MR) is 90.4 cm³/mol. The molecule has 118 valence electrons. The van der Waals surface area contributed by atoms with Crippen molar-refractivity contribution in [1.29, 1.82) is 0 Å². The molecule has 23 heavy (non-hydrogen) atoms. The van der Waals surface area contributed by atoms with Gasteiger partial charge < -0.3 is 10.1 Å². The number of nitrogens with one attached hydrogen (secondary N) is 1. The lowest BCUT2D eigenvalue weighted by Crippen LogP contribution is -2.29. The van der Waals surface area contributed by atoms with Crippen molar-refractivity contribution in [2.45, 2.75) is 25.3 Å². The molecule has 3 atom stereocenters. The molecule has 2 nitrogen and oxygen atoms in total. The Labute approximate surface area is 136 Å². The van der Waals surface area contributed by atoms with Gasteiger partial charge in [-0.3, -0.25) is 0 Å². The standard InChI is InChI=1S/C20H20FNO/c1-2-23-15-10-11-19-18(12-15)16-4-3-5-17(16)20(22-19)13-6-8-14(21)9-7-13/h3-4,6-12,16-17,20,22H,2,5H2,1H3/t16-,17-,20-/m1/s1. The largest absolute Gasteiger partial charge is 0.494 e. The van der Waals surface area contributed by atoms with Gasteiger partial charge in [0.05, 0.1) is 12.6 Å². The summed E-state index contributed by atoms with van der Waals surface area (Å²) in [6.45, 7) is 2.68. The van der Waals surface area contributed by atoms with E-state index in [0.29, 0.717) is 18.4 Å². The van der Waals surface area contributed by atoms with Gasteiger partial charge in [-0.05, 0) is 60.7 Å². The second-order valence-electron chi connectivity index (χ2n) is 6.21. The summed E-state index contributed by atoms with van der Waals surface area (Å²) in [6, 6.07) is 13.3.